The van der Waals surface area contributed by atoms with E-state index in [1.807, 2.05) is 30.5 Å². The van der Waals surface area contributed by atoms with Gasteiger partial charge in [-0.05, 0) is 42.2 Å². The Bertz CT molecular complexity index is 301. The SMILES string of the molecule is COc1ccc(C=NCCC(C)C)cc1. The van der Waals surface area contributed by atoms with Crippen LogP contribution in [0.1, 0.15) is 25.8 Å². The van der Waals surface area contributed by atoms with Crippen molar-refractivity contribution in [1.29, 1.82) is 0 Å². The molecule has 0 bridgehead atoms. The van der Waals surface area contributed by atoms with E-state index in [1.54, 1.807) is 7.11 Å². The van der Waals surface area contributed by atoms with Gasteiger partial charge in [0.1, 0.15) is 5.75 Å². The first-order valence-corrected chi connectivity index (χ1v) is 5.36. The number of hydrogen-bond donors (Lipinski definition) is 0. The van der Waals surface area contributed by atoms with E-state index < -0.39 is 0 Å². The summed E-state index contributed by atoms with van der Waals surface area (Å²) in [6, 6.07) is 7.92. The third-order valence-corrected chi connectivity index (χ3v) is 2.19. The van der Waals surface area contributed by atoms with Gasteiger partial charge in [0.05, 0.1) is 7.11 Å². The minimum absolute atomic E-state index is 0.720. The monoisotopic (exact) mass is 205 g/mol. The molecular weight excluding hydrogens is 186 g/mol. The predicted octanol–water partition coefficient (Wildman–Crippen LogP) is 3.16. The molecule has 0 saturated heterocycles. The molecule has 0 aliphatic carbocycles. The molecule has 0 atom stereocenters. The number of methoxy groups -OCH3 is 1. The van der Waals surface area contributed by atoms with Gasteiger partial charge in [0.15, 0.2) is 0 Å². The van der Waals surface area contributed by atoms with Crippen LogP contribution in [0.15, 0.2) is 29.3 Å². The highest BCUT2D eigenvalue weighted by atomic mass is 16.5. The molecule has 0 radical (unpaired) electrons. The molecular formula is C13H19NO. The summed E-state index contributed by atoms with van der Waals surface area (Å²) in [5, 5.41) is 0. The number of rotatable bonds is 5. The Hall–Kier alpha value is -1.31. The zero-order chi connectivity index (χ0) is 11.1. The molecule has 2 heteroatoms. The van der Waals surface area contributed by atoms with Crippen molar-refractivity contribution >= 4 is 6.21 Å². The van der Waals surface area contributed by atoms with E-state index in [0.29, 0.717) is 0 Å². The van der Waals surface area contributed by atoms with Crippen LogP contribution in [0.3, 0.4) is 0 Å². The van der Waals surface area contributed by atoms with E-state index in [2.05, 4.69) is 18.8 Å². The summed E-state index contributed by atoms with van der Waals surface area (Å²) in [5.41, 5.74) is 1.12. The van der Waals surface area contributed by atoms with Gasteiger partial charge in [-0.15, -0.1) is 0 Å². The van der Waals surface area contributed by atoms with Crippen LogP contribution in [0.2, 0.25) is 0 Å². The molecule has 82 valence electrons. The highest BCUT2D eigenvalue weighted by molar-refractivity contribution is 5.79. The van der Waals surface area contributed by atoms with Crippen molar-refractivity contribution in [2.45, 2.75) is 20.3 Å². The first kappa shape index (κ1) is 11.8. The van der Waals surface area contributed by atoms with E-state index in [1.165, 1.54) is 0 Å². The molecule has 0 N–H and O–H groups in total. The second-order valence-electron chi connectivity index (χ2n) is 3.99. The molecule has 0 saturated carbocycles. The highest BCUT2D eigenvalue weighted by Crippen LogP contribution is 2.09. The van der Waals surface area contributed by atoms with E-state index in [9.17, 15) is 0 Å². The molecule has 0 fully saturated rings. The Morgan fingerprint density at radius 3 is 2.47 bits per heavy atom. The van der Waals surface area contributed by atoms with Crippen molar-refractivity contribution in [3.63, 3.8) is 0 Å². The fourth-order valence-corrected chi connectivity index (χ4v) is 1.19. The Labute approximate surface area is 92.0 Å². The van der Waals surface area contributed by atoms with Crippen molar-refractivity contribution in [3.05, 3.63) is 29.8 Å². The fraction of sp³-hybridized carbons (Fsp3) is 0.462. The van der Waals surface area contributed by atoms with Crippen LogP contribution in [0.25, 0.3) is 0 Å². The molecule has 0 spiro atoms. The van der Waals surface area contributed by atoms with Crippen LogP contribution >= 0.6 is 0 Å². The third kappa shape index (κ3) is 4.63. The quantitative estimate of drug-likeness (QED) is 0.677. The van der Waals surface area contributed by atoms with Crippen molar-refractivity contribution < 1.29 is 4.74 Å². The highest BCUT2D eigenvalue weighted by Gasteiger charge is 1.92. The fourth-order valence-electron chi connectivity index (χ4n) is 1.19. The van der Waals surface area contributed by atoms with Crippen LogP contribution in [-0.4, -0.2) is 19.9 Å². The molecule has 0 unspecified atom stereocenters. The third-order valence-electron chi connectivity index (χ3n) is 2.19. The van der Waals surface area contributed by atoms with Crippen molar-refractivity contribution in [1.82, 2.24) is 0 Å². The number of hydrogen-bond acceptors (Lipinski definition) is 2. The van der Waals surface area contributed by atoms with Gasteiger partial charge in [0.2, 0.25) is 0 Å². The van der Waals surface area contributed by atoms with Gasteiger partial charge in [-0.3, -0.25) is 4.99 Å². The topological polar surface area (TPSA) is 21.6 Å². The summed E-state index contributed by atoms with van der Waals surface area (Å²) in [4.78, 5) is 4.37. The Morgan fingerprint density at radius 1 is 1.27 bits per heavy atom. The number of ether oxygens (including phenoxy) is 1. The van der Waals surface area contributed by atoms with Crippen LogP contribution in [0.4, 0.5) is 0 Å². The summed E-state index contributed by atoms with van der Waals surface area (Å²) in [7, 11) is 1.67. The summed E-state index contributed by atoms with van der Waals surface area (Å²) in [5.74, 6) is 1.60. The molecule has 15 heavy (non-hydrogen) atoms. The lowest BCUT2D eigenvalue weighted by Crippen LogP contribution is -1.91. The van der Waals surface area contributed by atoms with Crippen LogP contribution in [0, 0.1) is 5.92 Å². The number of nitrogens with zero attached hydrogens (tertiary/aromatic N) is 1. The smallest absolute Gasteiger partial charge is 0.118 e. The summed E-state index contributed by atoms with van der Waals surface area (Å²) >= 11 is 0. The molecule has 1 aromatic carbocycles. The van der Waals surface area contributed by atoms with Crippen LogP contribution in [0.5, 0.6) is 5.75 Å². The first-order chi connectivity index (χ1) is 7.22. The molecule has 0 aromatic heterocycles. The zero-order valence-electron chi connectivity index (χ0n) is 9.73. The Balaban J connectivity index is 2.43. The Kier molecular flexibility index (Phi) is 4.88. The second-order valence-corrected chi connectivity index (χ2v) is 3.99. The maximum Gasteiger partial charge on any atom is 0.118 e. The molecule has 0 heterocycles. The predicted molar refractivity (Wildman–Crippen MR) is 64.9 cm³/mol. The van der Waals surface area contributed by atoms with Gasteiger partial charge in [-0.25, -0.2) is 0 Å². The normalized spacial score (nSPS) is 11.2. The largest absolute Gasteiger partial charge is 0.497 e. The lowest BCUT2D eigenvalue weighted by molar-refractivity contribution is 0.415. The first-order valence-electron chi connectivity index (χ1n) is 5.36. The average Bonchev–Trinajstić information content (AvgIpc) is 2.25. The molecule has 1 rings (SSSR count). The van der Waals surface area contributed by atoms with Gasteiger partial charge < -0.3 is 4.74 Å². The van der Waals surface area contributed by atoms with Crippen LogP contribution < -0.4 is 4.74 Å². The van der Waals surface area contributed by atoms with Gasteiger partial charge in [-0.1, -0.05) is 13.8 Å². The summed E-state index contributed by atoms with van der Waals surface area (Å²) < 4.78 is 5.08. The Morgan fingerprint density at radius 2 is 1.93 bits per heavy atom. The molecule has 0 aliphatic heterocycles. The lowest BCUT2D eigenvalue weighted by Gasteiger charge is -2.00. The summed E-state index contributed by atoms with van der Waals surface area (Å²) in [6.07, 6.45) is 3.06. The summed E-state index contributed by atoms with van der Waals surface area (Å²) in [6.45, 7) is 5.33. The second kappa shape index (κ2) is 6.23. The van der Waals surface area contributed by atoms with Crippen molar-refractivity contribution in [2.75, 3.05) is 13.7 Å². The lowest BCUT2D eigenvalue weighted by atomic mass is 10.1. The van der Waals surface area contributed by atoms with E-state index in [-0.39, 0.29) is 0 Å². The van der Waals surface area contributed by atoms with Gasteiger partial charge in [0.25, 0.3) is 0 Å². The molecule has 0 aliphatic rings. The minimum Gasteiger partial charge on any atom is -0.497 e. The van der Waals surface area contributed by atoms with Crippen molar-refractivity contribution in [2.24, 2.45) is 10.9 Å². The van der Waals surface area contributed by atoms with E-state index in [0.717, 1.165) is 30.2 Å². The average molecular weight is 205 g/mol. The molecule has 2 nitrogen and oxygen atoms in total. The number of benzene rings is 1. The van der Waals surface area contributed by atoms with Crippen LogP contribution in [-0.2, 0) is 0 Å². The van der Waals surface area contributed by atoms with Crippen molar-refractivity contribution in [3.8, 4) is 5.75 Å². The van der Waals surface area contributed by atoms with Gasteiger partial charge in [0, 0.05) is 12.8 Å². The number of aliphatic imine (C=N–C) groups is 1. The standard InChI is InChI=1S/C13H19NO/c1-11(2)8-9-14-10-12-4-6-13(15-3)7-5-12/h4-7,10-11H,8-9H2,1-3H3. The maximum atomic E-state index is 5.08. The maximum absolute atomic E-state index is 5.08. The zero-order valence-corrected chi connectivity index (χ0v) is 9.73. The van der Waals surface area contributed by atoms with Gasteiger partial charge in [-0.2, -0.15) is 0 Å². The minimum atomic E-state index is 0.720. The van der Waals surface area contributed by atoms with Gasteiger partial charge >= 0.3 is 0 Å². The van der Waals surface area contributed by atoms with E-state index >= 15 is 0 Å². The molecule has 0 amide bonds. The van der Waals surface area contributed by atoms with E-state index in [4.69, 9.17) is 4.74 Å². The molecule has 1 aromatic rings.